The van der Waals surface area contributed by atoms with E-state index in [0.29, 0.717) is 12.8 Å². The summed E-state index contributed by atoms with van der Waals surface area (Å²) >= 11 is 0. The van der Waals surface area contributed by atoms with Crippen LogP contribution in [0.25, 0.3) is 0 Å². The molecule has 0 heterocycles. The van der Waals surface area contributed by atoms with Gasteiger partial charge >= 0.3 is 30.0 Å². The molecule has 0 unspecified atom stereocenters. The van der Waals surface area contributed by atoms with Crippen molar-refractivity contribution in [1.29, 1.82) is 0 Å². The molecule has 0 N–H and O–H groups in total. The molecule has 0 spiro atoms. The molecule has 0 aromatic carbocycles. The van der Waals surface area contributed by atoms with Crippen LogP contribution in [0.1, 0.15) is 46.5 Å². The first-order chi connectivity index (χ1) is 11.6. The van der Waals surface area contributed by atoms with Gasteiger partial charge in [-0.25, -0.2) is 4.79 Å². The molecule has 26 heavy (non-hydrogen) atoms. The van der Waals surface area contributed by atoms with Gasteiger partial charge in [-0.05, 0) is 26.2 Å². The maximum atomic E-state index is 13.0. The number of rotatable bonds is 10. The molecule has 0 bridgehead atoms. The zero-order valence-corrected chi connectivity index (χ0v) is 14.5. The van der Waals surface area contributed by atoms with Crippen LogP contribution in [-0.2, 0) is 19.1 Å². The van der Waals surface area contributed by atoms with Gasteiger partial charge in [0.25, 0.3) is 0 Å². The Morgan fingerprint density at radius 3 is 1.81 bits per heavy atom. The van der Waals surface area contributed by atoms with E-state index in [4.69, 9.17) is 4.74 Å². The van der Waals surface area contributed by atoms with E-state index in [1.165, 1.54) is 0 Å². The highest BCUT2D eigenvalue weighted by atomic mass is 19.4. The number of carbonyl (C=O) groups is 2. The van der Waals surface area contributed by atoms with E-state index < -0.39 is 61.4 Å². The standard InChI is InChI=1S/C15H21F7O4/c1-4-12(3,5-2)11(24)26-9-10(23)25-8-6-7-13(16,17)14(18,19)15(20,21)22/h4-9H2,1-3H3. The Morgan fingerprint density at radius 2 is 1.38 bits per heavy atom. The maximum Gasteiger partial charge on any atom is 0.459 e. The molecule has 0 aromatic heterocycles. The number of hydrogen-bond acceptors (Lipinski definition) is 4. The second kappa shape index (κ2) is 8.90. The van der Waals surface area contributed by atoms with Crippen LogP contribution in [0.2, 0.25) is 0 Å². The molecule has 0 aliphatic carbocycles. The van der Waals surface area contributed by atoms with Gasteiger partial charge in [-0.1, -0.05) is 13.8 Å². The molecule has 0 amide bonds. The lowest BCUT2D eigenvalue weighted by atomic mass is 9.85. The fourth-order valence-corrected chi connectivity index (χ4v) is 1.72. The number of ether oxygens (including phenoxy) is 2. The Balaban J connectivity index is 4.34. The predicted molar refractivity (Wildman–Crippen MR) is 75.8 cm³/mol. The summed E-state index contributed by atoms with van der Waals surface area (Å²) in [7, 11) is 0. The molecule has 11 heteroatoms. The molecular formula is C15H21F7O4. The van der Waals surface area contributed by atoms with Crippen molar-refractivity contribution in [1.82, 2.24) is 0 Å². The van der Waals surface area contributed by atoms with Gasteiger partial charge in [0.2, 0.25) is 0 Å². The Bertz CT molecular complexity index is 485. The van der Waals surface area contributed by atoms with Gasteiger partial charge < -0.3 is 9.47 Å². The lowest BCUT2D eigenvalue weighted by Crippen LogP contribution is -2.51. The average Bonchev–Trinajstić information content (AvgIpc) is 2.54. The second-order valence-corrected chi connectivity index (χ2v) is 5.94. The highest BCUT2D eigenvalue weighted by Crippen LogP contribution is 2.48. The van der Waals surface area contributed by atoms with Crippen LogP contribution in [0.15, 0.2) is 0 Å². The van der Waals surface area contributed by atoms with Crippen LogP contribution in [0.5, 0.6) is 0 Å². The molecule has 0 aliphatic heterocycles. The van der Waals surface area contributed by atoms with E-state index >= 15 is 0 Å². The van der Waals surface area contributed by atoms with Crippen molar-refractivity contribution in [2.24, 2.45) is 5.41 Å². The van der Waals surface area contributed by atoms with Crippen molar-refractivity contribution in [2.75, 3.05) is 13.2 Å². The minimum Gasteiger partial charge on any atom is -0.463 e. The monoisotopic (exact) mass is 398 g/mol. The summed E-state index contributed by atoms with van der Waals surface area (Å²) in [6.45, 7) is 3.45. The van der Waals surface area contributed by atoms with Crippen molar-refractivity contribution in [3.05, 3.63) is 0 Å². The Kier molecular flexibility index (Phi) is 8.37. The van der Waals surface area contributed by atoms with E-state index in [1.807, 2.05) is 0 Å². The topological polar surface area (TPSA) is 52.6 Å². The summed E-state index contributed by atoms with van der Waals surface area (Å²) in [6, 6.07) is 0. The summed E-state index contributed by atoms with van der Waals surface area (Å²) < 4.78 is 96.2. The molecule has 154 valence electrons. The van der Waals surface area contributed by atoms with Gasteiger partial charge in [0.15, 0.2) is 6.61 Å². The van der Waals surface area contributed by atoms with E-state index in [-0.39, 0.29) is 0 Å². The third kappa shape index (κ3) is 6.01. The van der Waals surface area contributed by atoms with Crippen molar-refractivity contribution >= 4 is 11.9 Å². The normalized spacial score (nSPS) is 13.5. The lowest BCUT2D eigenvalue weighted by molar-refractivity contribution is -0.355. The van der Waals surface area contributed by atoms with E-state index in [1.54, 1.807) is 20.8 Å². The van der Waals surface area contributed by atoms with Crippen molar-refractivity contribution in [3.63, 3.8) is 0 Å². The highest BCUT2D eigenvalue weighted by Gasteiger charge is 2.72. The van der Waals surface area contributed by atoms with Gasteiger partial charge in [0.05, 0.1) is 12.0 Å². The second-order valence-electron chi connectivity index (χ2n) is 5.94. The first-order valence-corrected chi connectivity index (χ1v) is 7.80. The fraction of sp³-hybridized carbons (Fsp3) is 0.867. The van der Waals surface area contributed by atoms with Gasteiger partial charge in [-0.3, -0.25) is 4.79 Å². The molecule has 4 nitrogen and oxygen atoms in total. The Hall–Kier alpha value is -1.55. The molecule has 0 rings (SSSR count). The summed E-state index contributed by atoms with van der Waals surface area (Å²) in [5.41, 5.74) is -0.814. The number of carbonyl (C=O) groups excluding carboxylic acids is 2. The fourth-order valence-electron chi connectivity index (χ4n) is 1.72. The van der Waals surface area contributed by atoms with Crippen LogP contribution in [0.4, 0.5) is 30.7 Å². The van der Waals surface area contributed by atoms with Crippen LogP contribution in [0, 0.1) is 5.41 Å². The van der Waals surface area contributed by atoms with Gasteiger partial charge in [-0.15, -0.1) is 0 Å². The van der Waals surface area contributed by atoms with Crippen molar-refractivity contribution < 1.29 is 49.8 Å². The Labute approximate surface area is 146 Å². The zero-order valence-electron chi connectivity index (χ0n) is 14.5. The molecule has 0 aliphatic rings. The smallest absolute Gasteiger partial charge is 0.459 e. The quantitative estimate of drug-likeness (QED) is 0.309. The SMILES string of the molecule is CCC(C)(CC)C(=O)OCC(=O)OCCCC(F)(F)C(F)(F)C(F)(F)F. The summed E-state index contributed by atoms with van der Waals surface area (Å²) in [4.78, 5) is 23.1. The van der Waals surface area contributed by atoms with Crippen LogP contribution in [0.3, 0.4) is 0 Å². The Morgan fingerprint density at radius 1 is 0.885 bits per heavy atom. The number of hydrogen-bond donors (Lipinski definition) is 0. The van der Waals surface area contributed by atoms with Crippen LogP contribution < -0.4 is 0 Å². The average molecular weight is 398 g/mol. The number of alkyl halides is 7. The largest absolute Gasteiger partial charge is 0.463 e. The third-order valence-electron chi connectivity index (χ3n) is 4.09. The van der Waals surface area contributed by atoms with Crippen molar-refractivity contribution in [3.8, 4) is 0 Å². The molecule has 0 fully saturated rings. The van der Waals surface area contributed by atoms with Gasteiger partial charge in [0, 0.05) is 6.42 Å². The van der Waals surface area contributed by atoms with Gasteiger partial charge in [0.1, 0.15) is 0 Å². The first-order valence-electron chi connectivity index (χ1n) is 7.80. The zero-order chi connectivity index (χ0) is 20.8. The number of halogens is 7. The minimum absolute atomic E-state index is 0.444. The molecule has 0 radical (unpaired) electrons. The van der Waals surface area contributed by atoms with Crippen LogP contribution in [-0.4, -0.2) is 43.2 Å². The van der Waals surface area contributed by atoms with Crippen LogP contribution >= 0.6 is 0 Å². The molecule has 0 saturated carbocycles. The molecule has 0 atom stereocenters. The summed E-state index contributed by atoms with van der Waals surface area (Å²) in [5.74, 6) is -13.3. The maximum absolute atomic E-state index is 13.0. The van der Waals surface area contributed by atoms with Crippen molar-refractivity contribution in [2.45, 2.75) is 64.5 Å². The van der Waals surface area contributed by atoms with Gasteiger partial charge in [-0.2, -0.15) is 30.7 Å². The van der Waals surface area contributed by atoms with E-state index in [0.717, 1.165) is 0 Å². The highest BCUT2D eigenvalue weighted by molar-refractivity contribution is 5.80. The number of esters is 2. The van der Waals surface area contributed by atoms with E-state index in [9.17, 15) is 40.3 Å². The molecule has 0 saturated heterocycles. The summed E-state index contributed by atoms with van der Waals surface area (Å²) in [6.07, 6.45) is -8.28. The minimum atomic E-state index is -6.40. The first kappa shape index (κ1) is 24.5. The molecule has 0 aromatic rings. The summed E-state index contributed by atoms with van der Waals surface area (Å²) in [5, 5.41) is 0. The lowest BCUT2D eigenvalue weighted by Gasteiger charge is -2.28. The third-order valence-corrected chi connectivity index (χ3v) is 4.09. The predicted octanol–water partition coefficient (Wildman–Crippen LogP) is 4.51. The molecular weight excluding hydrogens is 377 g/mol. The van der Waals surface area contributed by atoms with E-state index in [2.05, 4.69) is 4.74 Å².